The second-order valence-electron chi connectivity index (χ2n) is 4.93. The third-order valence-corrected chi connectivity index (χ3v) is 3.56. The molecule has 1 aliphatic heterocycles. The molecule has 0 saturated heterocycles. The molecule has 0 atom stereocenters. The van der Waals surface area contributed by atoms with Crippen molar-refractivity contribution in [2.45, 2.75) is 0 Å². The van der Waals surface area contributed by atoms with Gasteiger partial charge in [-0.05, 0) is 29.0 Å². The number of hydrogen-bond donors (Lipinski definition) is 0. The van der Waals surface area contributed by atoms with Gasteiger partial charge in [-0.3, -0.25) is 0 Å². The zero-order valence-corrected chi connectivity index (χ0v) is 11.6. The monoisotopic (exact) mass is 292 g/mol. The molecule has 22 heavy (non-hydrogen) atoms. The van der Waals surface area contributed by atoms with Crippen molar-refractivity contribution in [3.05, 3.63) is 66.2 Å². The molecule has 1 aliphatic rings. The summed E-state index contributed by atoms with van der Waals surface area (Å²) in [5.41, 5.74) is 0.538. The summed E-state index contributed by atoms with van der Waals surface area (Å²) in [4.78, 5) is 12.4. The van der Waals surface area contributed by atoms with Crippen molar-refractivity contribution in [3.63, 3.8) is 0 Å². The zero-order chi connectivity index (χ0) is 14.9. The number of fused-ring (bicyclic) bond motifs is 2. The Kier molecular flexibility index (Phi) is 2.93. The Morgan fingerprint density at radius 2 is 1.73 bits per heavy atom. The van der Waals surface area contributed by atoms with Crippen LogP contribution >= 0.6 is 0 Å². The molecule has 1 heterocycles. The average Bonchev–Trinajstić information content (AvgIpc) is 3.02. The van der Waals surface area contributed by atoms with Crippen LogP contribution in [0.2, 0.25) is 0 Å². The summed E-state index contributed by atoms with van der Waals surface area (Å²) in [5.74, 6) is 1.28. The first kappa shape index (κ1) is 12.7. The highest BCUT2D eigenvalue weighted by molar-refractivity contribution is 6.05. The van der Waals surface area contributed by atoms with Crippen molar-refractivity contribution in [2.75, 3.05) is 6.79 Å². The number of carbonyl (C=O) groups is 1. The van der Waals surface area contributed by atoms with Crippen LogP contribution in [0, 0.1) is 0 Å². The summed E-state index contributed by atoms with van der Waals surface area (Å²) in [5, 5.41) is 1.87. The highest BCUT2D eigenvalue weighted by Gasteiger charge is 2.17. The lowest BCUT2D eigenvalue weighted by Gasteiger charge is -2.07. The molecule has 0 aliphatic carbocycles. The van der Waals surface area contributed by atoms with Gasteiger partial charge in [0.2, 0.25) is 6.79 Å². The number of ether oxygens (including phenoxy) is 3. The Hall–Kier alpha value is -3.01. The van der Waals surface area contributed by atoms with E-state index < -0.39 is 5.97 Å². The molecular formula is C18H12O4. The van der Waals surface area contributed by atoms with Gasteiger partial charge in [-0.15, -0.1) is 0 Å². The van der Waals surface area contributed by atoms with Gasteiger partial charge in [-0.25, -0.2) is 4.79 Å². The molecule has 4 nitrogen and oxygen atoms in total. The van der Waals surface area contributed by atoms with Crippen molar-refractivity contribution in [1.29, 1.82) is 0 Å². The third-order valence-electron chi connectivity index (χ3n) is 3.56. The lowest BCUT2D eigenvalue weighted by molar-refractivity contribution is 0.0736. The van der Waals surface area contributed by atoms with Crippen molar-refractivity contribution in [1.82, 2.24) is 0 Å². The Morgan fingerprint density at radius 1 is 0.909 bits per heavy atom. The fourth-order valence-corrected chi connectivity index (χ4v) is 2.51. The molecule has 0 amide bonds. The minimum atomic E-state index is -0.393. The van der Waals surface area contributed by atoms with E-state index in [0.29, 0.717) is 22.8 Å². The zero-order valence-electron chi connectivity index (χ0n) is 11.6. The maximum absolute atomic E-state index is 12.4. The first-order chi connectivity index (χ1) is 10.8. The van der Waals surface area contributed by atoms with Gasteiger partial charge in [0.1, 0.15) is 5.75 Å². The van der Waals surface area contributed by atoms with Crippen molar-refractivity contribution < 1.29 is 19.0 Å². The maximum atomic E-state index is 12.4. The van der Waals surface area contributed by atoms with Crippen LogP contribution in [0.4, 0.5) is 0 Å². The van der Waals surface area contributed by atoms with E-state index in [-0.39, 0.29) is 6.79 Å². The minimum absolute atomic E-state index is 0.191. The standard InChI is InChI=1S/C18H12O4/c19-18(15-7-3-5-12-4-1-2-6-14(12)15)22-13-8-9-16-17(10-13)21-11-20-16/h1-10H,11H2. The van der Waals surface area contributed by atoms with E-state index in [2.05, 4.69) is 0 Å². The van der Waals surface area contributed by atoms with Crippen LogP contribution in [0.25, 0.3) is 10.8 Å². The number of carbonyl (C=O) groups excluding carboxylic acids is 1. The second kappa shape index (κ2) is 5.07. The van der Waals surface area contributed by atoms with Gasteiger partial charge in [0.05, 0.1) is 5.56 Å². The topological polar surface area (TPSA) is 44.8 Å². The summed E-state index contributed by atoms with van der Waals surface area (Å²) < 4.78 is 16.0. The first-order valence-electron chi connectivity index (χ1n) is 6.91. The van der Waals surface area contributed by atoms with Crippen LogP contribution in [0.15, 0.2) is 60.7 Å². The molecule has 4 rings (SSSR count). The van der Waals surface area contributed by atoms with E-state index in [4.69, 9.17) is 14.2 Å². The fraction of sp³-hybridized carbons (Fsp3) is 0.0556. The summed E-state index contributed by atoms with van der Waals surface area (Å²) in [6, 6.07) is 18.4. The predicted molar refractivity (Wildman–Crippen MR) is 81.5 cm³/mol. The van der Waals surface area contributed by atoms with E-state index in [1.54, 1.807) is 24.3 Å². The van der Waals surface area contributed by atoms with Gasteiger partial charge < -0.3 is 14.2 Å². The normalized spacial score (nSPS) is 12.4. The Labute approximate surface area is 126 Å². The quantitative estimate of drug-likeness (QED) is 0.532. The fourth-order valence-electron chi connectivity index (χ4n) is 2.51. The van der Waals surface area contributed by atoms with E-state index >= 15 is 0 Å². The molecule has 0 saturated carbocycles. The third kappa shape index (κ3) is 2.15. The molecular weight excluding hydrogens is 280 g/mol. The lowest BCUT2D eigenvalue weighted by Crippen LogP contribution is -2.09. The van der Waals surface area contributed by atoms with Gasteiger partial charge in [0.15, 0.2) is 11.5 Å². The Morgan fingerprint density at radius 3 is 2.68 bits per heavy atom. The van der Waals surface area contributed by atoms with Gasteiger partial charge in [0, 0.05) is 6.07 Å². The van der Waals surface area contributed by atoms with E-state index in [1.165, 1.54) is 0 Å². The summed E-state index contributed by atoms with van der Waals surface area (Å²) in [6.45, 7) is 0.191. The molecule has 0 unspecified atom stereocenters. The number of benzene rings is 3. The first-order valence-corrected chi connectivity index (χ1v) is 6.91. The summed E-state index contributed by atoms with van der Waals surface area (Å²) >= 11 is 0. The predicted octanol–water partition coefficient (Wildman–Crippen LogP) is 3.79. The molecule has 4 heteroatoms. The molecule has 0 bridgehead atoms. The number of hydrogen-bond acceptors (Lipinski definition) is 4. The second-order valence-corrected chi connectivity index (χ2v) is 4.93. The summed E-state index contributed by atoms with van der Waals surface area (Å²) in [6.07, 6.45) is 0. The van der Waals surface area contributed by atoms with Gasteiger partial charge in [0.25, 0.3) is 0 Å². The van der Waals surface area contributed by atoms with Crippen LogP contribution < -0.4 is 14.2 Å². The van der Waals surface area contributed by atoms with Crippen molar-refractivity contribution in [3.8, 4) is 17.2 Å². The Bertz CT molecular complexity index is 865. The highest BCUT2D eigenvalue weighted by Crippen LogP contribution is 2.35. The minimum Gasteiger partial charge on any atom is -0.454 e. The van der Waals surface area contributed by atoms with Gasteiger partial charge in [-0.2, -0.15) is 0 Å². The van der Waals surface area contributed by atoms with Crippen molar-refractivity contribution >= 4 is 16.7 Å². The van der Waals surface area contributed by atoms with Gasteiger partial charge >= 0.3 is 5.97 Å². The van der Waals surface area contributed by atoms with Crippen LogP contribution in [0.3, 0.4) is 0 Å². The van der Waals surface area contributed by atoms with E-state index in [0.717, 1.165) is 10.8 Å². The molecule has 0 spiro atoms. The summed E-state index contributed by atoms with van der Waals surface area (Å²) in [7, 11) is 0. The number of esters is 1. The lowest BCUT2D eigenvalue weighted by atomic mass is 10.0. The molecule has 108 valence electrons. The van der Waals surface area contributed by atoms with Crippen LogP contribution in [-0.2, 0) is 0 Å². The van der Waals surface area contributed by atoms with Crippen LogP contribution in [0.1, 0.15) is 10.4 Å². The van der Waals surface area contributed by atoms with E-state index in [9.17, 15) is 4.79 Å². The molecule has 0 aromatic heterocycles. The molecule has 0 fully saturated rings. The molecule has 3 aromatic rings. The largest absolute Gasteiger partial charge is 0.454 e. The Balaban J connectivity index is 1.66. The maximum Gasteiger partial charge on any atom is 0.344 e. The average molecular weight is 292 g/mol. The van der Waals surface area contributed by atoms with Crippen LogP contribution in [-0.4, -0.2) is 12.8 Å². The SMILES string of the molecule is O=C(Oc1ccc2c(c1)OCO2)c1cccc2ccccc12. The van der Waals surface area contributed by atoms with E-state index in [1.807, 2.05) is 36.4 Å². The van der Waals surface area contributed by atoms with Crippen LogP contribution in [0.5, 0.6) is 17.2 Å². The van der Waals surface area contributed by atoms with Crippen molar-refractivity contribution in [2.24, 2.45) is 0 Å². The smallest absolute Gasteiger partial charge is 0.344 e. The molecule has 3 aromatic carbocycles. The molecule has 0 N–H and O–H groups in total. The number of rotatable bonds is 2. The van der Waals surface area contributed by atoms with Gasteiger partial charge in [-0.1, -0.05) is 36.4 Å². The highest BCUT2D eigenvalue weighted by atomic mass is 16.7. The molecule has 0 radical (unpaired) electrons.